The van der Waals surface area contributed by atoms with Crippen molar-refractivity contribution in [3.05, 3.63) is 81.5 Å². The third-order valence-corrected chi connectivity index (χ3v) is 5.37. The van der Waals surface area contributed by atoms with E-state index in [4.69, 9.17) is 4.74 Å². The minimum absolute atomic E-state index is 0.0644. The molecular formula is C23H25N5O4. The molecule has 2 aromatic carbocycles. The summed E-state index contributed by atoms with van der Waals surface area (Å²) in [5.41, 5.74) is 2.55. The Morgan fingerprint density at radius 1 is 1.09 bits per heavy atom. The average molecular weight is 435 g/mol. The molecule has 0 aliphatic carbocycles. The Morgan fingerprint density at radius 3 is 2.66 bits per heavy atom. The van der Waals surface area contributed by atoms with Gasteiger partial charge in [0.1, 0.15) is 12.3 Å². The minimum Gasteiger partial charge on any atom is -0.497 e. The maximum atomic E-state index is 12.9. The van der Waals surface area contributed by atoms with Gasteiger partial charge in [-0.2, -0.15) is 0 Å². The van der Waals surface area contributed by atoms with Gasteiger partial charge < -0.3 is 15.0 Å². The van der Waals surface area contributed by atoms with Crippen molar-refractivity contribution in [2.75, 3.05) is 13.7 Å². The zero-order valence-electron chi connectivity index (χ0n) is 18.1. The van der Waals surface area contributed by atoms with Crippen LogP contribution in [-0.4, -0.2) is 44.7 Å². The van der Waals surface area contributed by atoms with Gasteiger partial charge in [0.05, 0.1) is 7.11 Å². The Hall–Kier alpha value is -3.88. The fourth-order valence-corrected chi connectivity index (χ4v) is 3.72. The van der Waals surface area contributed by atoms with Crippen LogP contribution in [0.25, 0.3) is 0 Å². The lowest BCUT2D eigenvalue weighted by atomic mass is 10.1. The molecule has 0 fully saturated rings. The van der Waals surface area contributed by atoms with Gasteiger partial charge in [0, 0.05) is 26.2 Å². The molecule has 0 bridgehead atoms. The van der Waals surface area contributed by atoms with E-state index in [0.717, 1.165) is 21.4 Å². The van der Waals surface area contributed by atoms with E-state index in [1.54, 1.807) is 12.0 Å². The molecule has 1 aliphatic heterocycles. The molecule has 1 aromatic heterocycles. The summed E-state index contributed by atoms with van der Waals surface area (Å²) in [5, 5.41) is 6.92. The number of nitrogens with one attached hydrogen (secondary N) is 1. The Balaban J connectivity index is 1.42. The number of ether oxygens (including phenoxy) is 1. The van der Waals surface area contributed by atoms with Crippen LogP contribution in [0.2, 0.25) is 0 Å². The SMILES string of the molecule is COc1cccc(CNC(=O)Cn2nc3n(c2=O)CCN(Cc2cccc(C)c2)C3=O)c1. The van der Waals surface area contributed by atoms with E-state index in [1.807, 2.05) is 55.5 Å². The second-order valence-electron chi connectivity index (χ2n) is 7.76. The highest BCUT2D eigenvalue weighted by molar-refractivity contribution is 5.91. The van der Waals surface area contributed by atoms with E-state index < -0.39 is 5.69 Å². The van der Waals surface area contributed by atoms with Crippen molar-refractivity contribution < 1.29 is 14.3 Å². The number of aryl methyl sites for hydroxylation is 1. The summed E-state index contributed by atoms with van der Waals surface area (Å²) in [6.45, 7) is 3.24. The number of benzene rings is 2. The summed E-state index contributed by atoms with van der Waals surface area (Å²) < 4.78 is 7.56. The second kappa shape index (κ2) is 9.09. The first-order valence-corrected chi connectivity index (χ1v) is 10.4. The van der Waals surface area contributed by atoms with Crippen LogP contribution in [0, 0.1) is 6.92 Å². The van der Waals surface area contributed by atoms with E-state index in [0.29, 0.717) is 31.9 Å². The third kappa shape index (κ3) is 4.56. The molecule has 9 heteroatoms. The van der Waals surface area contributed by atoms with Crippen molar-refractivity contribution in [2.24, 2.45) is 0 Å². The van der Waals surface area contributed by atoms with Gasteiger partial charge in [0.25, 0.3) is 5.91 Å². The van der Waals surface area contributed by atoms with Gasteiger partial charge in [0.2, 0.25) is 11.7 Å². The fraction of sp³-hybridized carbons (Fsp3) is 0.304. The smallest absolute Gasteiger partial charge is 0.346 e. The van der Waals surface area contributed by atoms with Gasteiger partial charge >= 0.3 is 5.69 Å². The number of hydrogen-bond donors (Lipinski definition) is 1. The van der Waals surface area contributed by atoms with E-state index in [2.05, 4.69) is 10.4 Å². The molecule has 4 rings (SSSR count). The van der Waals surface area contributed by atoms with E-state index >= 15 is 0 Å². The van der Waals surface area contributed by atoms with Crippen molar-refractivity contribution >= 4 is 11.8 Å². The molecular weight excluding hydrogens is 410 g/mol. The summed E-state index contributed by atoms with van der Waals surface area (Å²) in [4.78, 5) is 39.6. The van der Waals surface area contributed by atoms with Crippen molar-refractivity contribution in [3.63, 3.8) is 0 Å². The Bertz CT molecular complexity index is 1210. The quantitative estimate of drug-likeness (QED) is 0.604. The molecule has 9 nitrogen and oxygen atoms in total. The molecule has 1 aliphatic rings. The van der Waals surface area contributed by atoms with Crippen molar-refractivity contribution in [1.82, 2.24) is 24.6 Å². The normalized spacial score (nSPS) is 13.1. The summed E-state index contributed by atoms with van der Waals surface area (Å²) in [5.74, 6) is 0.0813. The number of rotatable bonds is 7. The van der Waals surface area contributed by atoms with E-state index in [1.165, 1.54) is 4.57 Å². The van der Waals surface area contributed by atoms with Gasteiger partial charge in [-0.05, 0) is 30.2 Å². The monoisotopic (exact) mass is 435 g/mol. The van der Waals surface area contributed by atoms with Crippen molar-refractivity contribution in [3.8, 4) is 5.75 Å². The highest BCUT2D eigenvalue weighted by atomic mass is 16.5. The number of fused-ring (bicyclic) bond motifs is 1. The Morgan fingerprint density at radius 2 is 1.88 bits per heavy atom. The van der Waals surface area contributed by atoms with Crippen LogP contribution in [0.3, 0.4) is 0 Å². The van der Waals surface area contributed by atoms with Gasteiger partial charge in [-0.3, -0.25) is 14.2 Å². The first-order chi connectivity index (χ1) is 15.4. The van der Waals surface area contributed by atoms with E-state index in [-0.39, 0.29) is 24.2 Å². The highest BCUT2D eigenvalue weighted by Crippen LogP contribution is 2.14. The lowest BCUT2D eigenvalue weighted by Gasteiger charge is -2.26. The molecule has 0 atom stereocenters. The molecule has 32 heavy (non-hydrogen) atoms. The molecule has 166 valence electrons. The first kappa shape index (κ1) is 21.4. The number of carbonyl (C=O) groups excluding carboxylic acids is 2. The fourth-order valence-electron chi connectivity index (χ4n) is 3.72. The van der Waals surface area contributed by atoms with Crippen LogP contribution in [0.4, 0.5) is 0 Å². The molecule has 3 aromatic rings. The third-order valence-electron chi connectivity index (χ3n) is 5.37. The highest BCUT2D eigenvalue weighted by Gasteiger charge is 2.30. The van der Waals surface area contributed by atoms with Crippen LogP contribution >= 0.6 is 0 Å². The maximum Gasteiger partial charge on any atom is 0.346 e. The molecule has 2 heterocycles. The number of aromatic nitrogens is 3. The molecule has 0 spiro atoms. The molecule has 0 saturated heterocycles. The number of hydrogen-bond acceptors (Lipinski definition) is 5. The van der Waals surface area contributed by atoms with Crippen LogP contribution in [0.5, 0.6) is 5.75 Å². The zero-order valence-corrected chi connectivity index (χ0v) is 18.1. The van der Waals surface area contributed by atoms with Crippen LogP contribution in [-0.2, 0) is 31.0 Å². The molecule has 1 N–H and O–H groups in total. The zero-order chi connectivity index (χ0) is 22.7. The number of amides is 2. The molecule has 2 amide bonds. The van der Waals surface area contributed by atoms with Gasteiger partial charge in [-0.1, -0.05) is 42.0 Å². The lowest BCUT2D eigenvalue weighted by Crippen LogP contribution is -2.42. The maximum absolute atomic E-state index is 12.9. The predicted molar refractivity (Wildman–Crippen MR) is 117 cm³/mol. The van der Waals surface area contributed by atoms with Crippen molar-refractivity contribution in [2.45, 2.75) is 33.1 Å². The Kier molecular flexibility index (Phi) is 6.07. The van der Waals surface area contributed by atoms with Crippen molar-refractivity contribution in [1.29, 1.82) is 0 Å². The molecule has 0 unspecified atom stereocenters. The van der Waals surface area contributed by atoms with Crippen LogP contribution in [0.15, 0.2) is 53.3 Å². The topological polar surface area (TPSA) is 98.5 Å². The number of methoxy groups -OCH3 is 1. The molecule has 0 saturated carbocycles. The lowest BCUT2D eigenvalue weighted by molar-refractivity contribution is -0.122. The second-order valence-corrected chi connectivity index (χ2v) is 7.76. The summed E-state index contributed by atoms with van der Waals surface area (Å²) >= 11 is 0. The Labute approximate surface area is 185 Å². The van der Waals surface area contributed by atoms with Gasteiger partial charge in [0.15, 0.2) is 0 Å². The predicted octanol–water partition coefficient (Wildman–Crippen LogP) is 1.33. The van der Waals surface area contributed by atoms with Gasteiger partial charge in [-0.25, -0.2) is 9.48 Å². The van der Waals surface area contributed by atoms with Crippen LogP contribution in [0.1, 0.15) is 27.3 Å². The summed E-state index contributed by atoms with van der Waals surface area (Å²) in [6, 6.07) is 15.3. The van der Waals surface area contributed by atoms with E-state index in [9.17, 15) is 14.4 Å². The molecule has 0 radical (unpaired) electrons. The summed E-state index contributed by atoms with van der Waals surface area (Å²) in [7, 11) is 1.58. The number of nitrogens with zero attached hydrogens (tertiary/aromatic N) is 4. The standard InChI is InChI=1S/C23H25N5O4/c1-16-5-3-7-18(11-16)14-26-9-10-27-21(22(26)30)25-28(23(27)31)15-20(29)24-13-17-6-4-8-19(12-17)32-2/h3-8,11-12H,9-10,13-15H2,1-2H3,(H,24,29). The first-order valence-electron chi connectivity index (χ1n) is 10.4. The summed E-state index contributed by atoms with van der Waals surface area (Å²) in [6.07, 6.45) is 0. The number of carbonyl (C=O) groups is 2. The minimum atomic E-state index is -0.458. The average Bonchev–Trinajstić information content (AvgIpc) is 3.10. The van der Waals surface area contributed by atoms with Crippen LogP contribution < -0.4 is 15.7 Å². The largest absolute Gasteiger partial charge is 0.497 e. The van der Waals surface area contributed by atoms with Gasteiger partial charge in [-0.15, -0.1) is 5.10 Å².